The minimum Gasteiger partial charge on any atom is -0.493 e. The molecule has 0 spiro atoms. The van der Waals surface area contributed by atoms with Crippen LogP contribution < -0.4 is 10.1 Å². The molecule has 2 aromatic carbocycles. The third-order valence-electron chi connectivity index (χ3n) is 3.74. The molecule has 0 saturated carbocycles. The molecule has 0 radical (unpaired) electrons. The lowest BCUT2D eigenvalue weighted by molar-refractivity contribution is 0.357. The summed E-state index contributed by atoms with van der Waals surface area (Å²) < 4.78 is 5.53. The molecule has 1 N–H and O–H groups in total. The standard InChI is InChI=1S/C17H18ClNO/c1-12(14-3-5-16(18)6-4-14)19-11-13-2-7-17-15(10-13)8-9-20-17/h2-7,10,12,19H,8-9,11H2,1H3/t12-/m0/s1. The molecule has 20 heavy (non-hydrogen) atoms. The zero-order valence-corrected chi connectivity index (χ0v) is 12.3. The van der Waals surface area contributed by atoms with Gasteiger partial charge in [-0.1, -0.05) is 35.9 Å². The first-order chi connectivity index (χ1) is 9.72. The molecule has 0 amide bonds. The lowest BCUT2D eigenvalue weighted by Crippen LogP contribution is -2.18. The minimum absolute atomic E-state index is 0.303. The van der Waals surface area contributed by atoms with Crippen molar-refractivity contribution in [3.63, 3.8) is 0 Å². The number of rotatable bonds is 4. The van der Waals surface area contributed by atoms with Crippen LogP contribution in [0.25, 0.3) is 0 Å². The van der Waals surface area contributed by atoms with Crippen molar-refractivity contribution < 1.29 is 4.74 Å². The zero-order valence-electron chi connectivity index (χ0n) is 11.5. The van der Waals surface area contributed by atoms with Gasteiger partial charge in [0.05, 0.1) is 6.61 Å². The Balaban J connectivity index is 1.63. The van der Waals surface area contributed by atoms with Gasteiger partial charge in [0.2, 0.25) is 0 Å². The molecule has 104 valence electrons. The predicted molar refractivity (Wildman–Crippen MR) is 82.3 cm³/mol. The van der Waals surface area contributed by atoms with E-state index in [-0.39, 0.29) is 0 Å². The van der Waals surface area contributed by atoms with Gasteiger partial charge >= 0.3 is 0 Å². The maximum Gasteiger partial charge on any atom is 0.122 e. The quantitative estimate of drug-likeness (QED) is 0.913. The second-order valence-corrected chi connectivity index (χ2v) is 5.63. The molecular weight excluding hydrogens is 270 g/mol. The molecule has 0 aromatic heterocycles. The van der Waals surface area contributed by atoms with E-state index >= 15 is 0 Å². The van der Waals surface area contributed by atoms with Crippen LogP contribution in [-0.4, -0.2) is 6.61 Å². The third-order valence-corrected chi connectivity index (χ3v) is 3.99. The Morgan fingerprint density at radius 1 is 1.20 bits per heavy atom. The van der Waals surface area contributed by atoms with Gasteiger partial charge in [-0.2, -0.15) is 0 Å². The van der Waals surface area contributed by atoms with Crippen LogP contribution in [0.2, 0.25) is 5.02 Å². The number of nitrogens with one attached hydrogen (secondary N) is 1. The van der Waals surface area contributed by atoms with E-state index < -0.39 is 0 Å². The molecule has 0 bridgehead atoms. The summed E-state index contributed by atoms with van der Waals surface area (Å²) in [5, 5.41) is 4.32. The number of halogens is 1. The van der Waals surface area contributed by atoms with Gasteiger partial charge in [0.25, 0.3) is 0 Å². The van der Waals surface area contributed by atoms with Crippen LogP contribution in [0.3, 0.4) is 0 Å². The molecule has 0 unspecified atom stereocenters. The molecule has 1 heterocycles. The normalized spacial score (nSPS) is 14.7. The first kappa shape index (κ1) is 13.5. The molecule has 2 aromatic rings. The average molecular weight is 288 g/mol. The maximum atomic E-state index is 5.91. The predicted octanol–water partition coefficient (Wildman–Crippen LogP) is 4.13. The van der Waals surface area contributed by atoms with Gasteiger partial charge in [0.1, 0.15) is 5.75 Å². The van der Waals surface area contributed by atoms with Crippen molar-refractivity contribution >= 4 is 11.6 Å². The Labute approximate surface area is 124 Å². The van der Waals surface area contributed by atoms with Gasteiger partial charge in [0.15, 0.2) is 0 Å². The van der Waals surface area contributed by atoms with Crippen molar-refractivity contribution in [2.24, 2.45) is 0 Å². The second-order valence-electron chi connectivity index (χ2n) is 5.19. The largest absolute Gasteiger partial charge is 0.493 e. The molecule has 3 heteroatoms. The van der Waals surface area contributed by atoms with Gasteiger partial charge in [-0.3, -0.25) is 0 Å². The van der Waals surface area contributed by atoms with Crippen LogP contribution in [-0.2, 0) is 13.0 Å². The summed E-state index contributed by atoms with van der Waals surface area (Å²) in [6, 6.07) is 14.7. The van der Waals surface area contributed by atoms with E-state index in [4.69, 9.17) is 16.3 Å². The first-order valence-electron chi connectivity index (χ1n) is 6.96. The van der Waals surface area contributed by atoms with Crippen molar-refractivity contribution in [3.05, 3.63) is 64.2 Å². The molecule has 1 aliphatic heterocycles. The third kappa shape index (κ3) is 2.97. The molecule has 1 atom stereocenters. The van der Waals surface area contributed by atoms with Crippen LogP contribution in [0, 0.1) is 0 Å². The maximum absolute atomic E-state index is 5.91. The smallest absolute Gasteiger partial charge is 0.122 e. The Bertz CT molecular complexity index is 594. The van der Waals surface area contributed by atoms with Crippen molar-refractivity contribution in [2.75, 3.05) is 6.61 Å². The molecule has 3 rings (SSSR count). The van der Waals surface area contributed by atoms with E-state index in [0.29, 0.717) is 6.04 Å². The van der Waals surface area contributed by atoms with Crippen LogP contribution in [0.4, 0.5) is 0 Å². The highest BCUT2D eigenvalue weighted by molar-refractivity contribution is 6.30. The van der Waals surface area contributed by atoms with Crippen LogP contribution >= 0.6 is 11.6 Å². The number of fused-ring (bicyclic) bond motifs is 1. The van der Waals surface area contributed by atoms with Crippen molar-refractivity contribution in [1.82, 2.24) is 5.32 Å². The summed E-state index contributed by atoms with van der Waals surface area (Å²) in [6.45, 7) is 3.84. The Hall–Kier alpha value is -1.51. The van der Waals surface area contributed by atoms with Crippen LogP contribution in [0.5, 0.6) is 5.75 Å². The second kappa shape index (κ2) is 5.86. The van der Waals surface area contributed by atoms with Gasteiger partial charge in [-0.05, 0) is 41.8 Å². The highest BCUT2D eigenvalue weighted by Gasteiger charge is 2.12. The highest BCUT2D eigenvalue weighted by Crippen LogP contribution is 2.26. The fraction of sp³-hybridized carbons (Fsp3) is 0.294. The fourth-order valence-corrected chi connectivity index (χ4v) is 2.62. The summed E-state index contributed by atoms with van der Waals surface area (Å²) >= 11 is 5.91. The molecule has 2 nitrogen and oxygen atoms in total. The summed E-state index contributed by atoms with van der Waals surface area (Å²) in [6.07, 6.45) is 1.02. The van der Waals surface area contributed by atoms with Crippen molar-refractivity contribution in [3.8, 4) is 5.75 Å². The highest BCUT2D eigenvalue weighted by atomic mass is 35.5. The number of hydrogen-bond donors (Lipinski definition) is 1. The molecule has 0 saturated heterocycles. The average Bonchev–Trinajstić information content (AvgIpc) is 2.93. The number of benzene rings is 2. The first-order valence-corrected chi connectivity index (χ1v) is 7.33. The zero-order chi connectivity index (χ0) is 13.9. The van der Waals surface area contributed by atoms with E-state index in [1.807, 2.05) is 12.1 Å². The van der Waals surface area contributed by atoms with E-state index in [9.17, 15) is 0 Å². The summed E-state index contributed by atoms with van der Waals surface area (Å²) in [5.41, 5.74) is 3.87. The van der Waals surface area contributed by atoms with E-state index in [2.05, 4.69) is 42.6 Å². The van der Waals surface area contributed by atoms with E-state index in [1.54, 1.807) is 0 Å². The Morgan fingerprint density at radius 2 is 2.00 bits per heavy atom. The SMILES string of the molecule is C[C@H](NCc1ccc2c(c1)CCO2)c1ccc(Cl)cc1. The Kier molecular flexibility index (Phi) is 3.95. The van der Waals surface area contributed by atoms with E-state index in [1.165, 1.54) is 16.7 Å². The fourth-order valence-electron chi connectivity index (χ4n) is 2.49. The van der Waals surface area contributed by atoms with Crippen LogP contribution in [0.15, 0.2) is 42.5 Å². The summed E-state index contributed by atoms with van der Waals surface area (Å²) in [5.74, 6) is 1.04. The molecule has 1 aliphatic rings. The monoisotopic (exact) mass is 287 g/mol. The van der Waals surface area contributed by atoms with Gasteiger partial charge in [-0.15, -0.1) is 0 Å². The number of hydrogen-bond acceptors (Lipinski definition) is 2. The molecular formula is C17H18ClNO. The van der Waals surface area contributed by atoms with E-state index in [0.717, 1.165) is 30.3 Å². The lowest BCUT2D eigenvalue weighted by atomic mass is 10.1. The van der Waals surface area contributed by atoms with Gasteiger partial charge < -0.3 is 10.1 Å². The summed E-state index contributed by atoms with van der Waals surface area (Å²) in [7, 11) is 0. The summed E-state index contributed by atoms with van der Waals surface area (Å²) in [4.78, 5) is 0. The molecule has 0 fully saturated rings. The van der Waals surface area contributed by atoms with Crippen molar-refractivity contribution in [1.29, 1.82) is 0 Å². The minimum atomic E-state index is 0.303. The molecule has 0 aliphatic carbocycles. The lowest BCUT2D eigenvalue weighted by Gasteiger charge is -2.15. The van der Waals surface area contributed by atoms with Gasteiger partial charge in [-0.25, -0.2) is 0 Å². The van der Waals surface area contributed by atoms with Crippen LogP contribution in [0.1, 0.15) is 29.7 Å². The Morgan fingerprint density at radius 3 is 2.80 bits per heavy atom. The van der Waals surface area contributed by atoms with Crippen molar-refractivity contribution in [2.45, 2.75) is 25.9 Å². The topological polar surface area (TPSA) is 21.3 Å². The van der Waals surface area contributed by atoms with Gasteiger partial charge in [0, 0.05) is 24.0 Å². The number of ether oxygens (including phenoxy) is 1.